The van der Waals surface area contributed by atoms with Crippen LogP contribution in [0.1, 0.15) is 12.7 Å². The van der Waals surface area contributed by atoms with Crippen LogP contribution in [0.4, 0.5) is 0 Å². The predicted octanol–water partition coefficient (Wildman–Crippen LogP) is 1.31. The first kappa shape index (κ1) is 11.6. The smallest absolute Gasteiger partial charge is 0.109 e. The van der Waals surface area contributed by atoms with Crippen LogP contribution in [0.15, 0.2) is 12.4 Å². The number of rotatable bonds is 7. The molecule has 1 rings (SSSR count). The number of thioether (sulfide) groups is 1. The number of aromatic nitrogens is 2. The molecule has 1 aromatic rings. The van der Waals surface area contributed by atoms with Gasteiger partial charge in [-0.15, -0.1) is 0 Å². The fraction of sp³-hybridized carbons (Fsp3) is 0.700. The first-order valence-electron chi connectivity index (χ1n) is 5.09. The van der Waals surface area contributed by atoms with E-state index in [0.717, 1.165) is 25.3 Å². The van der Waals surface area contributed by atoms with Gasteiger partial charge in [0.05, 0.1) is 0 Å². The average Bonchev–Trinajstić information content (AvgIpc) is 2.58. The summed E-state index contributed by atoms with van der Waals surface area (Å²) in [5.41, 5.74) is 0. The van der Waals surface area contributed by atoms with Crippen LogP contribution in [0.25, 0.3) is 0 Å². The highest BCUT2D eigenvalue weighted by molar-refractivity contribution is 7.99. The summed E-state index contributed by atoms with van der Waals surface area (Å²) >= 11 is 1.98. The molecule has 0 aliphatic carbocycles. The van der Waals surface area contributed by atoms with Gasteiger partial charge < -0.3 is 9.88 Å². The van der Waals surface area contributed by atoms with E-state index in [1.165, 1.54) is 11.5 Å². The van der Waals surface area contributed by atoms with E-state index in [0.29, 0.717) is 0 Å². The van der Waals surface area contributed by atoms with Gasteiger partial charge in [0, 0.05) is 44.7 Å². The van der Waals surface area contributed by atoms with E-state index in [1.807, 2.05) is 31.2 Å². The number of hydrogen-bond acceptors (Lipinski definition) is 3. The van der Waals surface area contributed by atoms with Crippen LogP contribution in [0.5, 0.6) is 0 Å². The van der Waals surface area contributed by atoms with Gasteiger partial charge in [0.15, 0.2) is 0 Å². The summed E-state index contributed by atoms with van der Waals surface area (Å²) in [6.07, 6.45) is 4.85. The summed E-state index contributed by atoms with van der Waals surface area (Å²) in [4.78, 5) is 4.27. The maximum absolute atomic E-state index is 4.27. The Labute approximate surface area is 90.3 Å². The molecule has 0 aromatic carbocycles. The second-order valence-electron chi connectivity index (χ2n) is 3.15. The van der Waals surface area contributed by atoms with Crippen molar-refractivity contribution in [2.24, 2.45) is 7.05 Å². The Morgan fingerprint density at radius 3 is 3.00 bits per heavy atom. The van der Waals surface area contributed by atoms with E-state index < -0.39 is 0 Å². The molecule has 14 heavy (non-hydrogen) atoms. The second kappa shape index (κ2) is 6.90. The maximum atomic E-state index is 4.27. The van der Waals surface area contributed by atoms with Crippen LogP contribution in [-0.4, -0.2) is 34.1 Å². The Morgan fingerprint density at radius 1 is 1.50 bits per heavy atom. The van der Waals surface area contributed by atoms with Gasteiger partial charge >= 0.3 is 0 Å². The Balaban J connectivity index is 2.02. The largest absolute Gasteiger partial charge is 0.338 e. The summed E-state index contributed by atoms with van der Waals surface area (Å²) in [6.45, 7) is 4.32. The van der Waals surface area contributed by atoms with Crippen molar-refractivity contribution in [3.05, 3.63) is 18.2 Å². The van der Waals surface area contributed by atoms with Crippen LogP contribution in [0, 0.1) is 0 Å². The highest BCUT2D eigenvalue weighted by atomic mass is 32.2. The molecule has 0 radical (unpaired) electrons. The molecule has 1 heterocycles. The van der Waals surface area contributed by atoms with Gasteiger partial charge in [0.2, 0.25) is 0 Å². The zero-order valence-electron chi connectivity index (χ0n) is 8.99. The van der Waals surface area contributed by atoms with Crippen LogP contribution >= 0.6 is 11.8 Å². The Hall–Kier alpha value is -0.480. The van der Waals surface area contributed by atoms with Gasteiger partial charge in [-0.3, -0.25) is 0 Å². The Kier molecular flexibility index (Phi) is 5.71. The molecule has 0 spiro atoms. The number of hydrogen-bond donors (Lipinski definition) is 1. The van der Waals surface area contributed by atoms with Crippen LogP contribution in [0.3, 0.4) is 0 Å². The molecule has 0 atom stereocenters. The van der Waals surface area contributed by atoms with E-state index in [1.54, 1.807) is 0 Å². The standard InChI is InChI=1S/C10H19N3S/c1-3-14-9-7-11-5-4-10-12-6-8-13(10)2/h6,8,11H,3-5,7,9H2,1-2H3. The molecule has 1 N–H and O–H groups in total. The normalized spacial score (nSPS) is 10.7. The molecule has 0 aliphatic heterocycles. The highest BCUT2D eigenvalue weighted by Crippen LogP contribution is 1.96. The third-order valence-electron chi connectivity index (χ3n) is 2.07. The fourth-order valence-corrected chi connectivity index (χ4v) is 1.83. The minimum atomic E-state index is 1.01. The third kappa shape index (κ3) is 4.15. The van der Waals surface area contributed by atoms with E-state index in [4.69, 9.17) is 0 Å². The van der Waals surface area contributed by atoms with Gasteiger partial charge in [-0.2, -0.15) is 11.8 Å². The summed E-state index contributed by atoms with van der Waals surface area (Å²) < 4.78 is 2.07. The van der Waals surface area contributed by atoms with Crippen LogP contribution in [0.2, 0.25) is 0 Å². The summed E-state index contributed by atoms with van der Waals surface area (Å²) in [6, 6.07) is 0. The summed E-state index contributed by atoms with van der Waals surface area (Å²) in [5, 5.41) is 3.41. The van der Waals surface area contributed by atoms with Gasteiger partial charge in [0.25, 0.3) is 0 Å². The molecule has 1 aromatic heterocycles. The molecule has 0 fully saturated rings. The number of nitrogens with one attached hydrogen (secondary N) is 1. The van der Waals surface area contributed by atoms with Crippen molar-refractivity contribution in [1.29, 1.82) is 0 Å². The van der Waals surface area contributed by atoms with Crippen molar-refractivity contribution in [2.45, 2.75) is 13.3 Å². The highest BCUT2D eigenvalue weighted by Gasteiger charge is 1.97. The molecule has 3 nitrogen and oxygen atoms in total. The van der Waals surface area contributed by atoms with Gasteiger partial charge in [-0.05, 0) is 5.75 Å². The van der Waals surface area contributed by atoms with Crippen LogP contribution in [-0.2, 0) is 13.5 Å². The molecular weight excluding hydrogens is 194 g/mol. The molecule has 0 aliphatic rings. The lowest BCUT2D eigenvalue weighted by Gasteiger charge is -2.04. The zero-order valence-corrected chi connectivity index (χ0v) is 9.81. The lowest BCUT2D eigenvalue weighted by molar-refractivity contribution is 0.679. The predicted molar refractivity (Wildman–Crippen MR) is 62.8 cm³/mol. The van der Waals surface area contributed by atoms with Crippen molar-refractivity contribution < 1.29 is 0 Å². The number of aryl methyl sites for hydroxylation is 1. The van der Waals surface area contributed by atoms with E-state index in [9.17, 15) is 0 Å². The first-order chi connectivity index (χ1) is 6.84. The van der Waals surface area contributed by atoms with Crippen LogP contribution < -0.4 is 5.32 Å². The molecular formula is C10H19N3S. The van der Waals surface area contributed by atoms with Gasteiger partial charge in [0.1, 0.15) is 5.82 Å². The lowest BCUT2D eigenvalue weighted by atomic mass is 10.4. The monoisotopic (exact) mass is 213 g/mol. The molecule has 0 unspecified atom stereocenters. The Bertz CT molecular complexity index is 247. The van der Waals surface area contributed by atoms with Crippen molar-refractivity contribution in [3.8, 4) is 0 Å². The topological polar surface area (TPSA) is 29.9 Å². The van der Waals surface area contributed by atoms with Gasteiger partial charge in [-0.25, -0.2) is 4.98 Å². The van der Waals surface area contributed by atoms with Crippen molar-refractivity contribution >= 4 is 11.8 Å². The SMILES string of the molecule is CCSCCNCCc1nccn1C. The van der Waals surface area contributed by atoms with Crippen molar-refractivity contribution in [3.63, 3.8) is 0 Å². The quantitative estimate of drug-likeness (QED) is 0.693. The van der Waals surface area contributed by atoms with E-state index in [-0.39, 0.29) is 0 Å². The Morgan fingerprint density at radius 2 is 2.36 bits per heavy atom. The van der Waals surface area contributed by atoms with Crippen molar-refractivity contribution in [1.82, 2.24) is 14.9 Å². The van der Waals surface area contributed by atoms with Gasteiger partial charge in [-0.1, -0.05) is 6.92 Å². The van der Waals surface area contributed by atoms with E-state index >= 15 is 0 Å². The maximum Gasteiger partial charge on any atom is 0.109 e. The van der Waals surface area contributed by atoms with Crippen molar-refractivity contribution in [2.75, 3.05) is 24.6 Å². The molecule has 80 valence electrons. The number of imidazole rings is 1. The average molecular weight is 213 g/mol. The molecule has 4 heteroatoms. The molecule has 0 saturated carbocycles. The minimum absolute atomic E-state index is 1.01. The third-order valence-corrected chi connectivity index (χ3v) is 2.97. The summed E-state index contributed by atoms with van der Waals surface area (Å²) in [7, 11) is 2.04. The fourth-order valence-electron chi connectivity index (χ4n) is 1.25. The second-order valence-corrected chi connectivity index (χ2v) is 4.55. The molecule has 0 saturated heterocycles. The molecule has 0 bridgehead atoms. The number of nitrogens with zero attached hydrogens (tertiary/aromatic N) is 2. The van der Waals surface area contributed by atoms with E-state index in [2.05, 4.69) is 21.8 Å². The first-order valence-corrected chi connectivity index (χ1v) is 6.24. The lowest BCUT2D eigenvalue weighted by Crippen LogP contribution is -2.21. The zero-order chi connectivity index (χ0) is 10.2. The molecule has 0 amide bonds. The minimum Gasteiger partial charge on any atom is -0.338 e. The summed E-state index contributed by atoms with van der Waals surface area (Å²) in [5.74, 6) is 3.57.